The molecule has 1 aromatic heterocycles. The number of furan rings is 1. The molecular weight excluding hydrogens is 248 g/mol. The minimum absolute atomic E-state index is 0.932. The molecule has 0 bridgehead atoms. The van der Waals surface area contributed by atoms with Crippen LogP contribution in [0.4, 0.5) is 0 Å². The number of halogens is 1. The van der Waals surface area contributed by atoms with Gasteiger partial charge in [0.2, 0.25) is 0 Å². The van der Waals surface area contributed by atoms with Crippen LogP contribution in [0.25, 0.3) is 11.0 Å². The second-order valence-corrected chi connectivity index (χ2v) is 4.52. The van der Waals surface area contributed by atoms with Crippen molar-refractivity contribution in [2.75, 3.05) is 6.26 Å². The van der Waals surface area contributed by atoms with Crippen LogP contribution in [0.3, 0.4) is 0 Å². The van der Waals surface area contributed by atoms with Crippen molar-refractivity contribution >= 4 is 38.7 Å². The van der Waals surface area contributed by atoms with Crippen molar-refractivity contribution in [3.8, 4) is 0 Å². The van der Waals surface area contributed by atoms with E-state index in [4.69, 9.17) is 4.42 Å². The van der Waals surface area contributed by atoms with Gasteiger partial charge in [-0.1, -0.05) is 22.0 Å². The van der Waals surface area contributed by atoms with Gasteiger partial charge in [0, 0.05) is 9.86 Å². The van der Waals surface area contributed by atoms with Crippen LogP contribution in [-0.4, -0.2) is 6.26 Å². The van der Waals surface area contributed by atoms with E-state index in [1.54, 1.807) is 11.8 Å². The first-order valence-corrected chi connectivity index (χ1v) is 6.16. The first-order chi connectivity index (χ1) is 6.31. The fourth-order valence-corrected chi connectivity index (χ4v) is 2.18. The van der Waals surface area contributed by atoms with E-state index in [0.29, 0.717) is 0 Å². The average Bonchev–Trinajstić information content (AvgIpc) is 2.49. The summed E-state index contributed by atoms with van der Waals surface area (Å²) in [7, 11) is 0. The van der Waals surface area contributed by atoms with Crippen LogP contribution < -0.4 is 0 Å². The third kappa shape index (κ3) is 1.76. The molecule has 0 aliphatic heterocycles. The van der Waals surface area contributed by atoms with Crippen LogP contribution >= 0.6 is 27.7 Å². The highest BCUT2D eigenvalue weighted by atomic mass is 79.9. The van der Waals surface area contributed by atoms with Gasteiger partial charge in [0.25, 0.3) is 0 Å². The fraction of sp³-hybridized carbons (Fsp3) is 0.200. The van der Waals surface area contributed by atoms with Crippen molar-refractivity contribution in [3.05, 3.63) is 34.5 Å². The van der Waals surface area contributed by atoms with E-state index in [9.17, 15) is 0 Å². The molecule has 0 saturated heterocycles. The molecule has 68 valence electrons. The van der Waals surface area contributed by atoms with E-state index in [2.05, 4.69) is 28.3 Å². The molecule has 3 heteroatoms. The Morgan fingerprint density at radius 1 is 1.46 bits per heavy atom. The Kier molecular flexibility index (Phi) is 2.65. The third-order valence-corrected chi connectivity index (χ3v) is 3.11. The molecular formula is C10H9BrOS. The monoisotopic (exact) mass is 256 g/mol. The molecule has 0 N–H and O–H groups in total. The first-order valence-electron chi connectivity index (χ1n) is 3.97. The van der Waals surface area contributed by atoms with Crippen molar-refractivity contribution < 1.29 is 4.42 Å². The summed E-state index contributed by atoms with van der Waals surface area (Å²) >= 11 is 5.26. The van der Waals surface area contributed by atoms with Crippen molar-refractivity contribution in [1.29, 1.82) is 0 Å². The van der Waals surface area contributed by atoms with E-state index in [1.807, 2.05) is 18.2 Å². The summed E-state index contributed by atoms with van der Waals surface area (Å²) in [6, 6.07) is 8.10. The summed E-state index contributed by atoms with van der Waals surface area (Å²) in [5.41, 5.74) is 0.957. The molecule has 0 fully saturated rings. The number of rotatable bonds is 2. The molecule has 2 aromatic rings. The number of hydrogen-bond acceptors (Lipinski definition) is 2. The Morgan fingerprint density at radius 2 is 2.31 bits per heavy atom. The lowest BCUT2D eigenvalue weighted by atomic mass is 10.2. The zero-order chi connectivity index (χ0) is 9.26. The number of hydrogen-bond donors (Lipinski definition) is 0. The molecule has 1 aromatic carbocycles. The average molecular weight is 257 g/mol. The Morgan fingerprint density at radius 3 is 3.00 bits per heavy atom. The molecule has 1 heterocycles. The quantitative estimate of drug-likeness (QED) is 0.804. The van der Waals surface area contributed by atoms with E-state index >= 15 is 0 Å². The van der Waals surface area contributed by atoms with E-state index in [-0.39, 0.29) is 0 Å². The van der Waals surface area contributed by atoms with Crippen LogP contribution in [0.2, 0.25) is 0 Å². The molecule has 0 atom stereocenters. The second-order valence-electron chi connectivity index (χ2n) is 2.80. The number of thioether (sulfide) groups is 1. The summed E-state index contributed by atoms with van der Waals surface area (Å²) in [6.45, 7) is 0. The Hall–Kier alpha value is -0.410. The summed E-state index contributed by atoms with van der Waals surface area (Å²) in [5, 5.41) is 1.16. The first kappa shape index (κ1) is 9.16. The van der Waals surface area contributed by atoms with Gasteiger partial charge in [-0.15, -0.1) is 0 Å². The van der Waals surface area contributed by atoms with Crippen molar-refractivity contribution in [2.24, 2.45) is 0 Å². The van der Waals surface area contributed by atoms with Crippen LogP contribution in [-0.2, 0) is 5.75 Å². The van der Waals surface area contributed by atoms with Gasteiger partial charge < -0.3 is 4.42 Å². The minimum Gasteiger partial charge on any atom is -0.460 e. The van der Waals surface area contributed by atoms with E-state index < -0.39 is 0 Å². The molecule has 0 saturated carbocycles. The lowest BCUT2D eigenvalue weighted by Gasteiger charge is -1.89. The molecule has 0 spiro atoms. The normalized spacial score (nSPS) is 10.9. The molecule has 0 amide bonds. The summed E-state index contributed by atoms with van der Waals surface area (Å²) in [5.74, 6) is 1.97. The maximum atomic E-state index is 5.64. The summed E-state index contributed by atoms with van der Waals surface area (Å²) in [4.78, 5) is 0. The molecule has 0 radical (unpaired) electrons. The molecule has 0 unspecified atom stereocenters. The van der Waals surface area contributed by atoms with Crippen LogP contribution in [0.5, 0.6) is 0 Å². The smallest absolute Gasteiger partial charge is 0.135 e. The predicted octanol–water partition coefficient (Wildman–Crippen LogP) is 4.06. The molecule has 13 heavy (non-hydrogen) atoms. The topological polar surface area (TPSA) is 13.1 Å². The Labute approximate surface area is 89.6 Å². The maximum absolute atomic E-state index is 5.64. The number of fused-ring (bicyclic) bond motifs is 1. The fourth-order valence-electron chi connectivity index (χ4n) is 1.29. The van der Waals surface area contributed by atoms with Gasteiger partial charge in [0.05, 0.1) is 5.75 Å². The van der Waals surface area contributed by atoms with E-state index in [0.717, 1.165) is 27.0 Å². The Balaban J connectivity index is 2.55. The maximum Gasteiger partial charge on any atom is 0.135 e. The molecule has 2 rings (SSSR count). The third-order valence-electron chi connectivity index (χ3n) is 1.85. The van der Waals surface area contributed by atoms with E-state index in [1.165, 1.54) is 0 Å². The second kappa shape index (κ2) is 3.76. The van der Waals surface area contributed by atoms with Crippen molar-refractivity contribution in [1.82, 2.24) is 0 Å². The SMILES string of the molecule is CSCc1cc2c(Br)cccc2o1. The molecule has 0 aliphatic carbocycles. The highest BCUT2D eigenvalue weighted by molar-refractivity contribution is 9.10. The number of benzene rings is 1. The van der Waals surface area contributed by atoms with Crippen LogP contribution in [0.15, 0.2) is 33.2 Å². The van der Waals surface area contributed by atoms with Gasteiger partial charge in [0.1, 0.15) is 11.3 Å². The van der Waals surface area contributed by atoms with Gasteiger partial charge in [-0.05, 0) is 24.5 Å². The summed E-state index contributed by atoms with van der Waals surface area (Å²) < 4.78 is 6.74. The van der Waals surface area contributed by atoms with Crippen molar-refractivity contribution in [3.63, 3.8) is 0 Å². The van der Waals surface area contributed by atoms with Gasteiger partial charge in [0.15, 0.2) is 0 Å². The van der Waals surface area contributed by atoms with Gasteiger partial charge in [-0.25, -0.2) is 0 Å². The summed E-state index contributed by atoms with van der Waals surface area (Å²) in [6.07, 6.45) is 2.07. The van der Waals surface area contributed by atoms with Gasteiger partial charge in [-0.3, -0.25) is 0 Å². The highest BCUT2D eigenvalue weighted by Gasteiger charge is 2.04. The molecule has 1 nitrogen and oxygen atoms in total. The molecule has 0 aliphatic rings. The highest BCUT2D eigenvalue weighted by Crippen LogP contribution is 2.28. The lowest BCUT2D eigenvalue weighted by Crippen LogP contribution is -1.69. The van der Waals surface area contributed by atoms with Crippen LogP contribution in [0, 0.1) is 0 Å². The largest absolute Gasteiger partial charge is 0.460 e. The van der Waals surface area contributed by atoms with Crippen molar-refractivity contribution in [2.45, 2.75) is 5.75 Å². The predicted molar refractivity (Wildman–Crippen MR) is 61.1 cm³/mol. The van der Waals surface area contributed by atoms with Gasteiger partial charge >= 0.3 is 0 Å². The zero-order valence-corrected chi connectivity index (χ0v) is 9.61. The lowest BCUT2D eigenvalue weighted by molar-refractivity contribution is 0.574. The van der Waals surface area contributed by atoms with Crippen LogP contribution in [0.1, 0.15) is 5.76 Å². The van der Waals surface area contributed by atoms with Gasteiger partial charge in [-0.2, -0.15) is 11.8 Å². The standard InChI is InChI=1S/C10H9BrOS/c1-13-6-7-5-8-9(11)3-2-4-10(8)12-7/h2-5H,6H2,1H3. The minimum atomic E-state index is 0.932. The Bertz CT molecular complexity index is 422. The zero-order valence-electron chi connectivity index (χ0n) is 7.21.